The van der Waals surface area contributed by atoms with Crippen molar-refractivity contribution in [3.63, 3.8) is 0 Å². The third-order valence-electron chi connectivity index (χ3n) is 3.56. The smallest absolute Gasteiger partial charge is 0.125 e. The van der Waals surface area contributed by atoms with E-state index in [4.69, 9.17) is 16.6 Å². The Hall–Kier alpha value is -1.71. The van der Waals surface area contributed by atoms with Gasteiger partial charge in [0.2, 0.25) is 0 Å². The highest BCUT2D eigenvalue weighted by Crippen LogP contribution is 2.31. The normalized spacial score (nSPS) is 11.1. The Kier molecular flexibility index (Phi) is 4.55. The molecule has 0 unspecified atom stereocenters. The van der Waals surface area contributed by atoms with Crippen molar-refractivity contribution in [1.29, 1.82) is 0 Å². The number of halogens is 1. The highest BCUT2D eigenvalue weighted by atomic mass is 35.5. The van der Waals surface area contributed by atoms with Crippen LogP contribution in [0.4, 0.5) is 0 Å². The monoisotopic (exact) mass is 328 g/mol. The van der Waals surface area contributed by atoms with Crippen LogP contribution in [0.3, 0.4) is 0 Å². The van der Waals surface area contributed by atoms with Crippen molar-refractivity contribution in [1.82, 2.24) is 9.97 Å². The molecule has 0 aliphatic carbocycles. The van der Waals surface area contributed by atoms with Crippen LogP contribution in [0.15, 0.2) is 48.1 Å². The number of nitrogens with zero attached hydrogens (tertiary/aromatic N) is 2. The van der Waals surface area contributed by atoms with Crippen molar-refractivity contribution in [3.8, 4) is 10.6 Å². The fraction of sp³-hybridized carbons (Fsp3) is 0.222. The van der Waals surface area contributed by atoms with E-state index in [1.807, 2.05) is 36.7 Å². The van der Waals surface area contributed by atoms with E-state index in [9.17, 15) is 0 Å². The van der Waals surface area contributed by atoms with Crippen LogP contribution in [0.5, 0.6) is 0 Å². The number of rotatable bonds is 4. The van der Waals surface area contributed by atoms with Gasteiger partial charge in [-0.3, -0.25) is 4.98 Å². The van der Waals surface area contributed by atoms with Crippen LogP contribution in [-0.2, 0) is 6.42 Å². The maximum absolute atomic E-state index is 5.93. The summed E-state index contributed by atoms with van der Waals surface area (Å²) in [6, 6.07) is 10.0. The van der Waals surface area contributed by atoms with Crippen molar-refractivity contribution in [2.75, 3.05) is 0 Å². The number of aromatic nitrogens is 2. The van der Waals surface area contributed by atoms with E-state index in [2.05, 4.69) is 30.3 Å². The molecule has 0 aliphatic heterocycles. The van der Waals surface area contributed by atoms with Gasteiger partial charge in [0.1, 0.15) is 5.01 Å². The van der Waals surface area contributed by atoms with E-state index in [0.29, 0.717) is 5.92 Å². The summed E-state index contributed by atoms with van der Waals surface area (Å²) >= 11 is 7.60. The van der Waals surface area contributed by atoms with E-state index >= 15 is 0 Å². The summed E-state index contributed by atoms with van der Waals surface area (Å²) in [4.78, 5) is 9.05. The summed E-state index contributed by atoms with van der Waals surface area (Å²) in [7, 11) is 0. The Labute approximate surface area is 139 Å². The third-order valence-corrected chi connectivity index (χ3v) is 4.73. The minimum atomic E-state index is 0.460. The van der Waals surface area contributed by atoms with E-state index in [1.165, 1.54) is 11.1 Å². The van der Waals surface area contributed by atoms with E-state index in [0.717, 1.165) is 27.7 Å². The van der Waals surface area contributed by atoms with E-state index in [1.54, 1.807) is 11.3 Å². The van der Waals surface area contributed by atoms with Crippen LogP contribution < -0.4 is 0 Å². The Morgan fingerprint density at radius 2 is 1.91 bits per heavy atom. The molecule has 0 saturated carbocycles. The zero-order valence-corrected chi connectivity index (χ0v) is 14.2. The predicted molar refractivity (Wildman–Crippen MR) is 93.7 cm³/mol. The number of benzene rings is 1. The molecule has 3 aromatic rings. The molecule has 0 saturated heterocycles. The molecule has 0 spiro atoms. The molecule has 112 valence electrons. The molecule has 4 heteroatoms. The molecule has 22 heavy (non-hydrogen) atoms. The van der Waals surface area contributed by atoms with Gasteiger partial charge in [-0.15, -0.1) is 11.3 Å². The van der Waals surface area contributed by atoms with Gasteiger partial charge in [0.25, 0.3) is 0 Å². The lowest BCUT2D eigenvalue weighted by Crippen LogP contribution is -1.94. The molecule has 2 heterocycles. The summed E-state index contributed by atoms with van der Waals surface area (Å²) < 4.78 is 0. The predicted octanol–water partition coefficient (Wildman–Crippen LogP) is 5.57. The number of thiazole rings is 1. The van der Waals surface area contributed by atoms with Gasteiger partial charge in [-0.2, -0.15) is 0 Å². The van der Waals surface area contributed by atoms with Gasteiger partial charge in [0.15, 0.2) is 0 Å². The van der Waals surface area contributed by atoms with Gasteiger partial charge >= 0.3 is 0 Å². The average molecular weight is 329 g/mol. The topological polar surface area (TPSA) is 25.8 Å². The Morgan fingerprint density at radius 1 is 1.14 bits per heavy atom. The molecular weight excluding hydrogens is 312 g/mol. The lowest BCUT2D eigenvalue weighted by Gasteiger charge is -2.09. The van der Waals surface area contributed by atoms with Crippen LogP contribution in [0.2, 0.25) is 5.02 Å². The highest BCUT2D eigenvalue weighted by Gasteiger charge is 2.12. The maximum atomic E-state index is 5.93. The lowest BCUT2D eigenvalue weighted by atomic mass is 10.00. The number of pyridine rings is 1. The second-order valence-corrected chi connectivity index (χ2v) is 6.86. The fourth-order valence-corrected chi connectivity index (χ4v) is 3.39. The molecule has 3 rings (SSSR count). The molecule has 0 radical (unpaired) electrons. The van der Waals surface area contributed by atoms with Crippen LogP contribution in [-0.4, -0.2) is 9.97 Å². The minimum absolute atomic E-state index is 0.460. The first kappa shape index (κ1) is 15.2. The standard InChI is InChI=1S/C18H17ClN2S/c1-12(2)16-7-8-20-10-17(16)18-21-15(11-22-18)9-13-3-5-14(19)6-4-13/h3-8,10-12H,9H2,1-2H3. The van der Waals surface area contributed by atoms with Gasteiger partial charge in [0.05, 0.1) is 5.69 Å². The minimum Gasteiger partial charge on any atom is -0.264 e. The number of hydrogen-bond acceptors (Lipinski definition) is 3. The van der Waals surface area contributed by atoms with Crippen LogP contribution in [0.1, 0.15) is 36.6 Å². The third kappa shape index (κ3) is 3.37. The molecule has 0 bridgehead atoms. The Bertz CT molecular complexity index is 763. The van der Waals surface area contributed by atoms with E-state index in [-0.39, 0.29) is 0 Å². The average Bonchev–Trinajstić information content (AvgIpc) is 2.98. The van der Waals surface area contributed by atoms with Gasteiger partial charge in [-0.1, -0.05) is 37.6 Å². The molecule has 1 aromatic carbocycles. The first-order chi connectivity index (χ1) is 10.6. The molecule has 2 aromatic heterocycles. The second-order valence-electron chi connectivity index (χ2n) is 5.56. The summed E-state index contributed by atoms with van der Waals surface area (Å²) in [6.45, 7) is 4.39. The first-order valence-electron chi connectivity index (χ1n) is 7.26. The van der Waals surface area contributed by atoms with Gasteiger partial charge < -0.3 is 0 Å². The molecule has 2 nitrogen and oxygen atoms in total. The van der Waals surface area contributed by atoms with Gasteiger partial charge in [-0.05, 0) is 35.2 Å². The molecule has 0 N–H and O–H groups in total. The molecule has 0 atom stereocenters. The van der Waals surface area contributed by atoms with Crippen LogP contribution >= 0.6 is 22.9 Å². The zero-order valence-electron chi connectivity index (χ0n) is 12.6. The molecule has 0 aliphatic rings. The lowest BCUT2D eigenvalue weighted by molar-refractivity contribution is 0.865. The van der Waals surface area contributed by atoms with Crippen LogP contribution in [0, 0.1) is 0 Å². The summed E-state index contributed by atoms with van der Waals surface area (Å²) in [5, 5.41) is 3.93. The fourth-order valence-electron chi connectivity index (χ4n) is 2.41. The quantitative estimate of drug-likeness (QED) is 0.625. The van der Waals surface area contributed by atoms with Gasteiger partial charge in [-0.25, -0.2) is 4.98 Å². The summed E-state index contributed by atoms with van der Waals surface area (Å²) in [6.07, 6.45) is 4.59. The van der Waals surface area contributed by atoms with Crippen LogP contribution in [0.25, 0.3) is 10.6 Å². The SMILES string of the molecule is CC(C)c1ccncc1-c1nc(Cc2ccc(Cl)cc2)cs1. The number of hydrogen-bond donors (Lipinski definition) is 0. The molecule has 0 amide bonds. The zero-order chi connectivity index (χ0) is 15.5. The second kappa shape index (κ2) is 6.59. The van der Waals surface area contributed by atoms with E-state index < -0.39 is 0 Å². The first-order valence-corrected chi connectivity index (χ1v) is 8.52. The maximum Gasteiger partial charge on any atom is 0.125 e. The summed E-state index contributed by atoms with van der Waals surface area (Å²) in [5.41, 5.74) is 4.74. The van der Waals surface area contributed by atoms with Crippen molar-refractivity contribution in [2.24, 2.45) is 0 Å². The molecular formula is C18H17ClN2S. The highest BCUT2D eigenvalue weighted by molar-refractivity contribution is 7.13. The van der Waals surface area contributed by atoms with Crippen molar-refractivity contribution < 1.29 is 0 Å². The van der Waals surface area contributed by atoms with Gasteiger partial charge in [0, 0.05) is 34.8 Å². The van der Waals surface area contributed by atoms with Crippen molar-refractivity contribution in [3.05, 3.63) is 69.9 Å². The largest absolute Gasteiger partial charge is 0.264 e. The van der Waals surface area contributed by atoms with Crippen molar-refractivity contribution >= 4 is 22.9 Å². The molecule has 0 fully saturated rings. The Morgan fingerprint density at radius 3 is 2.64 bits per heavy atom. The van der Waals surface area contributed by atoms with Crippen molar-refractivity contribution in [2.45, 2.75) is 26.2 Å². The summed E-state index contributed by atoms with van der Waals surface area (Å²) in [5.74, 6) is 0.460. The Balaban J connectivity index is 1.86.